The van der Waals surface area contributed by atoms with Crippen LogP contribution in [0.2, 0.25) is 0 Å². The maximum atomic E-state index is 12.4. The Bertz CT molecular complexity index is 557. The second kappa shape index (κ2) is 6.89. The van der Waals surface area contributed by atoms with Gasteiger partial charge >= 0.3 is 0 Å². The van der Waals surface area contributed by atoms with Crippen molar-refractivity contribution in [1.82, 2.24) is 10.2 Å². The van der Waals surface area contributed by atoms with Crippen molar-refractivity contribution in [3.05, 3.63) is 29.8 Å². The van der Waals surface area contributed by atoms with Crippen molar-refractivity contribution >= 4 is 5.91 Å². The number of hydrogen-bond acceptors (Lipinski definition) is 4. The molecule has 0 spiro atoms. The first-order valence-corrected chi connectivity index (χ1v) is 8.44. The van der Waals surface area contributed by atoms with Crippen LogP contribution < -0.4 is 10.1 Å². The first-order valence-electron chi connectivity index (χ1n) is 8.44. The van der Waals surface area contributed by atoms with Crippen molar-refractivity contribution in [1.29, 1.82) is 0 Å². The molecule has 1 aliphatic heterocycles. The smallest absolute Gasteiger partial charge is 0.250 e. The number of nitrogens with one attached hydrogen (secondary N) is 1. The molecule has 0 aromatic heterocycles. The second-order valence-electron chi connectivity index (χ2n) is 6.45. The Morgan fingerprint density at radius 3 is 2.91 bits per heavy atom. The highest BCUT2D eigenvalue weighted by Gasteiger charge is 2.46. The van der Waals surface area contributed by atoms with Gasteiger partial charge in [-0.2, -0.15) is 0 Å². The lowest BCUT2D eigenvalue weighted by molar-refractivity contribution is -0.138. The Morgan fingerprint density at radius 2 is 2.22 bits per heavy atom. The zero-order valence-corrected chi connectivity index (χ0v) is 14.0. The largest absolute Gasteiger partial charge is 0.496 e. The van der Waals surface area contributed by atoms with Crippen LogP contribution in [0.3, 0.4) is 0 Å². The second-order valence-corrected chi connectivity index (χ2v) is 6.45. The van der Waals surface area contributed by atoms with Crippen molar-refractivity contribution in [2.75, 3.05) is 39.9 Å². The molecular weight excluding hydrogens is 292 g/mol. The molecular formula is C18H26N2O3. The van der Waals surface area contributed by atoms with Gasteiger partial charge < -0.3 is 14.8 Å². The van der Waals surface area contributed by atoms with Crippen LogP contribution in [0.1, 0.15) is 25.3 Å². The van der Waals surface area contributed by atoms with Crippen LogP contribution in [-0.2, 0) is 14.9 Å². The molecule has 0 radical (unpaired) electrons. The summed E-state index contributed by atoms with van der Waals surface area (Å²) in [6.07, 6.45) is 1.82. The fraction of sp³-hybridized carbons (Fsp3) is 0.611. The molecule has 1 aliphatic carbocycles. The number of benzene rings is 1. The summed E-state index contributed by atoms with van der Waals surface area (Å²) in [5.74, 6) is 0.912. The van der Waals surface area contributed by atoms with Crippen LogP contribution in [0, 0.1) is 0 Å². The summed E-state index contributed by atoms with van der Waals surface area (Å²) in [6.45, 7) is 5.94. The van der Waals surface area contributed by atoms with Crippen molar-refractivity contribution in [2.24, 2.45) is 0 Å². The van der Waals surface area contributed by atoms with Crippen molar-refractivity contribution < 1.29 is 14.3 Å². The van der Waals surface area contributed by atoms with Crippen molar-refractivity contribution in [3.63, 3.8) is 0 Å². The highest BCUT2D eigenvalue weighted by molar-refractivity contribution is 5.81. The van der Waals surface area contributed by atoms with E-state index in [1.165, 1.54) is 5.56 Å². The predicted octanol–water partition coefficient (Wildman–Crippen LogP) is 1.56. The zero-order valence-electron chi connectivity index (χ0n) is 14.0. The van der Waals surface area contributed by atoms with Crippen LogP contribution in [0.15, 0.2) is 24.3 Å². The van der Waals surface area contributed by atoms with Gasteiger partial charge in [0.15, 0.2) is 0 Å². The van der Waals surface area contributed by atoms with Gasteiger partial charge in [-0.3, -0.25) is 9.69 Å². The van der Waals surface area contributed by atoms with Gasteiger partial charge in [-0.15, -0.1) is 0 Å². The molecule has 3 rings (SSSR count). The SMILES string of the molecule is CCN1CCO[C@H](C(=O)NCC2(c3ccccc3OC)CC2)C1. The first-order chi connectivity index (χ1) is 11.2. The minimum atomic E-state index is -0.350. The number of likely N-dealkylation sites (N-methyl/N-ethyl adjacent to an activating group) is 1. The molecule has 0 unspecified atom stereocenters. The van der Waals surface area contributed by atoms with E-state index in [1.54, 1.807) is 7.11 Å². The molecule has 1 saturated heterocycles. The molecule has 1 aromatic rings. The molecule has 1 atom stereocenters. The number of nitrogens with zero attached hydrogens (tertiary/aromatic N) is 1. The summed E-state index contributed by atoms with van der Waals surface area (Å²) in [5.41, 5.74) is 1.23. The molecule has 1 heterocycles. The Labute approximate surface area is 137 Å². The molecule has 5 nitrogen and oxygen atoms in total. The molecule has 5 heteroatoms. The van der Waals surface area contributed by atoms with E-state index in [-0.39, 0.29) is 17.4 Å². The van der Waals surface area contributed by atoms with E-state index in [2.05, 4.69) is 23.2 Å². The lowest BCUT2D eigenvalue weighted by Crippen LogP contribution is -2.50. The van der Waals surface area contributed by atoms with Crippen molar-refractivity contribution in [2.45, 2.75) is 31.3 Å². The highest BCUT2D eigenvalue weighted by atomic mass is 16.5. The van der Waals surface area contributed by atoms with Gasteiger partial charge in [0.25, 0.3) is 5.91 Å². The van der Waals surface area contributed by atoms with Crippen LogP contribution in [0.4, 0.5) is 0 Å². The highest BCUT2D eigenvalue weighted by Crippen LogP contribution is 2.50. The predicted molar refractivity (Wildman–Crippen MR) is 88.8 cm³/mol. The van der Waals surface area contributed by atoms with E-state index in [4.69, 9.17) is 9.47 Å². The average molecular weight is 318 g/mol. The molecule has 1 aromatic carbocycles. The average Bonchev–Trinajstić information content (AvgIpc) is 3.40. The summed E-state index contributed by atoms with van der Waals surface area (Å²) < 4.78 is 11.1. The Hall–Kier alpha value is -1.59. The standard InChI is InChI=1S/C18H26N2O3/c1-3-20-10-11-23-16(12-20)17(21)19-13-18(8-9-18)14-6-4-5-7-15(14)22-2/h4-7,16H,3,8-13H2,1-2H3,(H,19,21)/t16-/m0/s1. The number of amides is 1. The Kier molecular flexibility index (Phi) is 4.87. The van der Waals surface area contributed by atoms with Gasteiger partial charge in [-0.25, -0.2) is 0 Å². The number of ether oxygens (including phenoxy) is 2. The molecule has 1 amide bonds. The van der Waals surface area contributed by atoms with E-state index in [9.17, 15) is 4.79 Å². The number of methoxy groups -OCH3 is 1. The van der Waals surface area contributed by atoms with E-state index in [0.717, 1.165) is 31.7 Å². The van der Waals surface area contributed by atoms with Gasteiger partial charge in [0, 0.05) is 30.6 Å². The topological polar surface area (TPSA) is 50.8 Å². The number of carbonyl (C=O) groups excluding carboxylic acids is 1. The van der Waals surface area contributed by atoms with E-state index in [0.29, 0.717) is 19.7 Å². The lowest BCUT2D eigenvalue weighted by atomic mass is 9.94. The maximum Gasteiger partial charge on any atom is 0.250 e. The van der Waals surface area contributed by atoms with E-state index < -0.39 is 0 Å². The van der Waals surface area contributed by atoms with Gasteiger partial charge in [-0.1, -0.05) is 25.1 Å². The van der Waals surface area contributed by atoms with E-state index >= 15 is 0 Å². The van der Waals surface area contributed by atoms with Gasteiger partial charge in [0.2, 0.25) is 0 Å². The molecule has 0 bridgehead atoms. The maximum absolute atomic E-state index is 12.4. The molecule has 1 saturated carbocycles. The number of hydrogen-bond donors (Lipinski definition) is 1. The number of morpholine rings is 1. The van der Waals surface area contributed by atoms with Gasteiger partial charge in [0.05, 0.1) is 13.7 Å². The van der Waals surface area contributed by atoms with Crippen LogP contribution in [0.5, 0.6) is 5.75 Å². The van der Waals surface area contributed by atoms with Gasteiger partial charge in [-0.05, 0) is 25.5 Å². The third kappa shape index (κ3) is 3.51. The molecule has 23 heavy (non-hydrogen) atoms. The third-order valence-electron chi connectivity index (χ3n) is 5.02. The van der Waals surface area contributed by atoms with Crippen LogP contribution >= 0.6 is 0 Å². The number of para-hydroxylation sites is 1. The van der Waals surface area contributed by atoms with E-state index in [1.807, 2.05) is 18.2 Å². The quantitative estimate of drug-likeness (QED) is 0.865. The first kappa shape index (κ1) is 16.3. The summed E-state index contributed by atoms with van der Waals surface area (Å²) in [4.78, 5) is 14.7. The molecule has 2 aliphatic rings. The third-order valence-corrected chi connectivity index (χ3v) is 5.02. The lowest BCUT2D eigenvalue weighted by Gasteiger charge is -2.31. The molecule has 1 N–H and O–H groups in total. The number of carbonyl (C=O) groups is 1. The normalized spacial score (nSPS) is 23.3. The summed E-state index contributed by atoms with van der Waals surface area (Å²) in [7, 11) is 1.70. The van der Waals surface area contributed by atoms with Crippen LogP contribution in [-0.4, -0.2) is 56.8 Å². The van der Waals surface area contributed by atoms with Gasteiger partial charge in [0.1, 0.15) is 11.9 Å². The fourth-order valence-electron chi connectivity index (χ4n) is 3.29. The fourth-order valence-corrected chi connectivity index (χ4v) is 3.29. The Balaban J connectivity index is 1.60. The monoisotopic (exact) mass is 318 g/mol. The molecule has 2 fully saturated rings. The summed E-state index contributed by atoms with van der Waals surface area (Å²) in [5, 5.41) is 3.10. The number of rotatable bonds is 6. The summed E-state index contributed by atoms with van der Waals surface area (Å²) in [6, 6.07) is 8.10. The zero-order chi connectivity index (χ0) is 16.3. The molecule has 126 valence electrons. The Morgan fingerprint density at radius 1 is 1.43 bits per heavy atom. The minimum absolute atomic E-state index is 0.00400. The minimum Gasteiger partial charge on any atom is -0.496 e. The van der Waals surface area contributed by atoms with Crippen LogP contribution in [0.25, 0.3) is 0 Å². The summed E-state index contributed by atoms with van der Waals surface area (Å²) >= 11 is 0. The van der Waals surface area contributed by atoms with Crippen molar-refractivity contribution in [3.8, 4) is 5.75 Å².